The van der Waals surface area contributed by atoms with Crippen molar-refractivity contribution in [1.82, 2.24) is 19.5 Å². The average molecular weight is 847 g/mol. The number of rotatable bonds is 17. The average Bonchev–Trinajstić information content (AvgIpc) is 3.46. The van der Waals surface area contributed by atoms with E-state index in [0.29, 0.717) is 23.0 Å². The topological polar surface area (TPSA) is 212 Å². The Kier molecular flexibility index (Phi) is 15.3. The molecule has 19 heteroatoms. The zero-order valence-electron chi connectivity index (χ0n) is 33.6. The number of amides is 1. The van der Waals surface area contributed by atoms with E-state index in [2.05, 4.69) is 10.4 Å². The summed E-state index contributed by atoms with van der Waals surface area (Å²) in [6.07, 6.45) is -1.39. The maximum atomic E-state index is 16.0. The minimum Gasteiger partial charge on any atom is -0.462 e. The Hall–Kier alpha value is -4.87. The molecule has 3 N–H and O–H groups in total. The van der Waals surface area contributed by atoms with Crippen molar-refractivity contribution in [2.45, 2.75) is 122 Å². The van der Waals surface area contributed by atoms with Crippen molar-refractivity contribution in [2.75, 3.05) is 6.61 Å². The van der Waals surface area contributed by atoms with Gasteiger partial charge in [0, 0.05) is 18.2 Å². The number of halogens is 1. The Bertz CT molecular complexity index is 2060. The number of carbonyl (C=O) groups excluding carboxylic acids is 3. The van der Waals surface area contributed by atoms with E-state index in [4.69, 9.17) is 28.0 Å². The number of benzene rings is 2. The molecule has 5 rings (SSSR count). The van der Waals surface area contributed by atoms with E-state index in [9.17, 15) is 33.6 Å². The van der Waals surface area contributed by atoms with E-state index in [1.54, 1.807) is 62.4 Å². The summed E-state index contributed by atoms with van der Waals surface area (Å²) < 4.78 is 65.0. The van der Waals surface area contributed by atoms with Crippen LogP contribution in [-0.4, -0.2) is 75.5 Å². The number of para-hydroxylation sites is 1. The summed E-state index contributed by atoms with van der Waals surface area (Å²) in [5, 5.41) is 16.5. The number of nitrogens with one attached hydrogen (secondary N) is 2. The molecule has 1 aromatic heterocycles. The summed E-state index contributed by atoms with van der Waals surface area (Å²) in [5.74, 6) is -2.86. The van der Waals surface area contributed by atoms with Gasteiger partial charge in [-0.15, -0.1) is 0 Å². The molecule has 1 aliphatic heterocycles. The fraction of sp³-hybridized carbons (Fsp3) is 0.525. The highest BCUT2D eigenvalue weighted by atomic mass is 31.2. The number of ether oxygens (including phenoxy) is 4. The molecule has 0 radical (unpaired) electrons. The Morgan fingerprint density at radius 2 is 1.61 bits per heavy atom. The lowest BCUT2D eigenvalue weighted by Gasteiger charge is -2.36. The van der Waals surface area contributed by atoms with E-state index in [0.717, 1.165) is 43.0 Å². The van der Waals surface area contributed by atoms with Crippen LogP contribution in [0.3, 0.4) is 0 Å². The molecule has 2 aromatic carbocycles. The van der Waals surface area contributed by atoms with E-state index >= 15 is 4.39 Å². The van der Waals surface area contributed by atoms with Crippen LogP contribution in [-0.2, 0) is 50.1 Å². The standard InChI is InChI=1S/C40H52FN4O13P/c1-25(2)55-36(48)27(4)43-59(52,58-31-19-13-8-14-20-31)54-23-32-35(47)26(3)40(57-32,28(5)41)45-22-21-33(46)44(39(45)51)24-53-37(49)34(29-15-9-6-10-16-29)42-38(50)56-30-17-11-7-12-18-30/h6,8-10,13-16,19-22,25-28,30,32,34-35,47H,7,11-12,17-18,23-24H2,1-5H3,(H,42,50)(H,43,52)/t26-,27-,28?,32+,34+,35-,40-,59?/m0/s1. The SMILES string of the molecule is CC(C)OC(=O)[C@H](C)NP(=O)(OC[C@H]1O[C@@](C(C)F)(n2ccc(=O)n(COC(=O)[C@H](NC(=O)OC3CCCCC3)c3ccccc3)c2=O)[C@@H](C)[C@@H]1O)Oc1ccccc1. The molecule has 8 atom stereocenters. The number of esters is 2. The highest BCUT2D eigenvalue weighted by Crippen LogP contribution is 2.48. The number of aromatic nitrogens is 2. The van der Waals surface area contributed by atoms with E-state index in [1.165, 1.54) is 26.0 Å². The Balaban J connectivity index is 1.36. The molecular weight excluding hydrogens is 794 g/mol. The molecule has 1 amide bonds. The van der Waals surface area contributed by atoms with Crippen LogP contribution in [0.15, 0.2) is 82.5 Å². The van der Waals surface area contributed by atoms with E-state index in [-0.39, 0.29) is 11.9 Å². The fourth-order valence-corrected chi connectivity index (χ4v) is 8.57. The quantitative estimate of drug-likeness (QED) is 0.0942. The molecule has 0 spiro atoms. The summed E-state index contributed by atoms with van der Waals surface area (Å²) in [5.41, 5.74) is -4.00. The lowest BCUT2D eigenvalue weighted by Crippen LogP contribution is -2.55. The van der Waals surface area contributed by atoms with Gasteiger partial charge in [0.05, 0.1) is 18.8 Å². The van der Waals surface area contributed by atoms with Crippen LogP contribution in [0, 0.1) is 5.92 Å². The van der Waals surface area contributed by atoms with Gasteiger partial charge >= 0.3 is 31.5 Å². The maximum absolute atomic E-state index is 16.0. The predicted octanol–water partition coefficient (Wildman–Crippen LogP) is 4.85. The molecule has 3 aromatic rings. The van der Waals surface area contributed by atoms with Crippen LogP contribution >= 0.6 is 7.75 Å². The summed E-state index contributed by atoms with van der Waals surface area (Å²) in [7, 11) is -4.45. The van der Waals surface area contributed by atoms with Gasteiger partial charge in [-0.3, -0.25) is 18.7 Å². The van der Waals surface area contributed by atoms with Crippen LogP contribution in [0.2, 0.25) is 0 Å². The lowest BCUT2D eigenvalue weighted by molar-refractivity contribution is -0.168. The highest BCUT2D eigenvalue weighted by Gasteiger charge is 2.58. The van der Waals surface area contributed by atoms with Gasteiger partial charge in [-0.2, -0.15) is 5.09 Å². The van der Waals surface area contributed by atoms with Crippen LogP contribution in [0.25, 0.3) is 0 Å². The first kappa shape index (κ1) is 45.2. The molecule has 2 fully saturated rings. The van der Waals surface area contributed by atoms with Gasteiger partial charge < -0.3 is 33.9 Å². The second-order valence-electron chi connectivity index (χ2n) is 14.8. The monoisotopic (exact) mass is 846 g/mol. The van der Waals surface area contributed by atoms with Crippen molar-refractivity contribution >= 4 is 25.8 Å². The van der Waals surface area contributed by atoms with Gasteiger partial charge in [0.2, 0.25) is 0 Å². The predicted molar refractivity (Wildman–Crippen MR) is 210 cm³/mol. The molecule has 1 saturated carbocycles. The first-order valence-corrected chi connectivity index (χ1v) is 21.1. The van der Waals surface area contributed by atoms with Gasteiger partial charge in [0.15, 0.2) is 18.5 Å². The van der Waals surface area contributed by atoms with Crippen molar-refractivity contribution in [3.05, 3.63) is 99.3 Å². The molecule has 1 saturated heterocycles. The van der Waals surface area contributed by atoms with Crippen molar-refractivity contribution in [2.24, 2.45) is 5.92 Å². The zero-order valence-corrected chi connectivity index (χ0v) is 34.5. The molecule has 322 valence electrons. The van der Waals surface area contributed by atoms with Crippen LogP contribution in [0.4, 0.5) is 9.18 Å². The van der Waals surface area contributed by atoms with E-state index < -0.39 is 98.6 Å². The van der Waals surface area contributed by atoms with Crippen molar-refractivity contribution in [1.29, 1.82) is 0 Å². The second kappa shape index (κ2) is 19.9. The minimum atomic E-state index is -4.45. The number of nitrogens with zero attached hydrogens (tertiary/aromatic N) is 2. The number of alkyl halides is 1. The van der Waals surface area contributed by atoms with Crippen LogP contribution in [0.1, 0.15) is 78.3 Å². The van der Waals surface area contributed by atoms with Crippen molar-refractivity contribution in [3.8, 4) is 5.75 Å². The number of aliphatic hydroxyl groups is 1. The molecule has 2 unspecified atom stereocenters. The Morgan fingerprint density at radius 3 is 2.24 bits per heavy atom. The summed E-state index contributed by atoms with van der Waals surface area (Å²) in [6, 6.07) is 14.5. The number of alkyl carbamates (subject to hydrolysis) is 1. The van der Waals surface area contributed by atoms with Gasteiger partial charge in [-0.25, -0.2) is 27.9 Å². The first-order valence-electron chi connectivity index (χ1n) is 19.5. The molecule has 2 aliphatic rings. The molecule has 17 nitrogen and oxygen atoms in total. The van der Waals surface area contributed by atoms with E-state index in [1.807, 2.05) is 0 Å². The van der Waals surface area contributed by atoms with Crippen LogP contribution in [0.5, 0.6) is 5.75 Å². The van der Waals surface area contributed by atoms with Gasteiger partial charge in [-0.1, -0.05) is 61.9 Å². The van der Waals surface area contributed by atoms with Crippen molar-refractivity contribution < 1.29 is 56.4 Å². The van der Waals surface area contributed by atoms with Crippen LogP contribution < -0.4 is 26.2 Å². The largest absolute Gasteiger partial charge is 0.462 e. The smallest absolute Gasteiger partial charge is 0.459 e. The third kappa shape index (κ3) is 11.0. The third-order valence-electron chi connectivity index (χ3n) is 10.1. The molecule has 1 aliphatic carbocycles. The lowest BCUT2D eigenvalue weighted by atomic mass is 9.90. The molecule has 2 heterocycles. The molecule has 59 heavy (non-hydrogen) atoms. The summed E-state index contributed by atoms with van der Waals surface area (Å²) in [4.78, 5) is 66.1. The number of hydrogen-bond acceptors (Lipinski definition) is 13. The summed E-state index contributed by atoms with van der Waals surface area (Å²) >= 11 is 0. The molecular formula is C40H52FN4O13P. The minimum absolute atomic E-state index is 0.112. The number of hydrogen-bond donors (Lipinski definition) is 3. The zero-order chi connectivity index (χ0) is 42.9. The summed E-state index contributed by atoms with van der Waals surface area (Å²) in [6.45, 7) is 5.53. The molecule has 0 bridgehead atoms. The normalized spacial score (nSPS) is 23.4. The van der Waals surface area contributed by atoms with Gasteiger partial charge in [0.25, 0.3) is 5.56 Å². The Labute approximate surface area is 340 Å². The fourth-order valence-electron chi connectivity index (χ4n) is 7.07. The van der Waals surface area contributed by atoms with Crippen molar-refractivity contribution in [3.63, 3.8) is 0 Å². The number of carbonyl (C=O) groups is 3. The first-order chi connectivity index (χ1) is 28.0. The second-order valence-corrected chi connectivity index (χ2v) is 16.5. The third-order valence-corrected chi connectivity index (χ3v) is 11.8. The van der Waals surface area contributed by atoms with Gasteiger partial charge in [0.1, 0.15) is 30.2 Å². The Morgan fingerprint density at radius 1 is 0.966 bits per heavy atom. The van der Waals surface area contributed by atoms with Gasteiger partial charge in [-0.05, 0) is 71.1 Å². The maximum Gasteiger partial charge on any atom is 0.459 e. The number of aliphatic hydroxyl groups excluding tert-OH is 1. The highest BCUT2D eigenvalue weighted by molar-refractivity contribution is 7.52.